The van der Waals surface area contributed by atoms with Crippen LogP contribution in [0.2, 0.25) is 5.02 Å². The van der Waals surface area contributed by atoms with E-state index in [0.29, 0.717) is 37.4 Å². The normalized spacial score (nSPS) is 13.1. The summed E-state index contributed by atoms with van der Waals surface area (Å²) in [6, 6.07) is 13.6. The van der Waals surface area contributed by atoms with Gasteiger partial charge in [-0.3, -0.25) is 4.68 Å². The summed E-state index contributed by atoms with van der Waals surface area (Å²) in [6.07, 6.45) is 4.25. The predicted octanol–water partition coefficient (Wildman–Crippen LogP) is 3.89. The predicted molar refractivity (Wildman–Crippen MR) is 117 cm³/mol. The Morgan fingerprint density at radius 1 is 1.19 bits per heavy atom. The lowest BCUT2D eigenvalue weighted by Gasteiger charge is -2.27. The third-order valence-electron chi connectivity index (χ3n) is 5.35. The zero-order chi connectivity index (χ0) is 22.1. The van der Waals surface area contributed by atoms with Crippen LogP contribution < -0.4 is 5.32 Å². The minimum absolute atomic E-state index is 0.0292. The van der Waals surface area contributed by atoms with Gasteiger partial charge in [-0.2, -0.15) is 5.10 Å². The lowest BCUT2D eigenvalue weighted by atomic mass is 10.1. The number of nitrogens with one attached hydrogen (secondary N) is 1. The molecule has 2 amide bonds. The highest BCUT2D eigenvalue weighted by atomic mass is 35.5. The summed E-state index contributed by atoms with van der Waals surface area (Å²) in [7, 11) is 0. The Hall–Kier alpha value is -3.72. The molecule has 1 aliphatic rings. The number of rotatable bonds is 4. The van der Waals surface area contributed by atoms with Gasteiger partial charge in [0.1, 0.15) is 11.5 Å². The summed E-state index contributed by atoms with van der Waals surface area (Å²) in [5, 5.41) is 15.7. The second-order valence-corrected chi connectivity index (χ2v) is 7.90. The number of nitrogens with zero attached hydrogens (tertiary/aromatic N) is 6. The van der Waals surface area contributed by atoms with Gasteiger partial charge in [-0.1, -0.05) is 35.0 Å². The number of aromatic nitrogens is 5. The fraction of sp³-hybridized carbons (Fsp3) is 0.182. The lowest BCUT2D eigenvalue weighted by molar-refractivity contribution is 0.205. The van der Waals surface area contributed by atoms with E-state index in [1.54, 1.807) is 28.0 Å². The van der Waals surface area contributed by atoms with Crippen LogP contribution >= 0.6 is 11.6 Å². The van der Waals surface area contributed by atoms with Crippen molar-refractivity contribution in [3.8, 4) is 5.69 Å². The molecule has 2 aromatic carbocycles. The number of benzene rings is 2. The second-order valence-electron chi connectivity index (χ2n) is 7.49. The van der Waals surface area contributed by atoms with Crippen molar-refractivity contribution in [1.82, 2.24) is 29.7 Å². The van der Waals surface area contributed by atoms with Crippen LogP contribution in [0.3, 0.4) is 0 Å². The van der Waals surface area contributed by atoms with Crippen LogP contribution in [0.15, 0.2) is 60.9 Å². The maximum atomic E-state index is 13.4. The van der Waals surface area contributed by atoms with Crippen LogP contribution in [-0.4, -0.2) is 42.3 Å². The molecule has 32 heavy (non-hydrogen) atoms. The quantitative estimate of drug-likeness (QED) is 0.510. The van der Waals surface area contributed by atoms with Crippen molar-refractivity contribution >= 4 is 23.3 Å². The van der Waals surface area contributed by atoms with E-state index >= 15 is 0 Å². The van der Waals surface area contributed by atoms with E-state index in [2.05, 4.69) is 20.7 Å². The van der Waals surface area contributed by atoms with Gasteiger partial charge in [0.2, 0.25) is 0 Å². The zero-order valence-electron chi connectivity index (χ0n) is 16.9. The summed E-state index contributed by atoms with van der Waals surface area (Å²) in [5.74, 6) is -0.481. The second kappa shape index (κ2) is 8.43. The van der Waals surface area contributed by atoms with Crippen LogP contribution in [0, 0.1) is 5.82 Å². The molecule has 0 bridgehead atoms. The SMILES string of the molecule is O=C(Nc1ccccc1)N1CCc2c(cnn2Cc2cn(-c3ccc(F)c(Cl)c3)nn2)C1. The lowest BCUT2D eigenvalue weighted by Crippen LogP contribution is -2.39. The minimum Gasteiger partial charge on any atom is -0.320 e. The molecule has 0 unspecified atom stereocenters. The first-order chi connectivity index (χ1) is 15.6. The smallest absolute Gasteiger partial charge is 0.320 e. The third kappa shape index (κ3) is 4.06. The molecule has 0 saturated heterocycles. The van der Waals surface area contributed by atoms with E-state index in [-0.39, 0.29) is 11.1 Å². The maximum Gasteiger partial charge on any atom is 0.322 e. The van der Waals surface area contributed by atoms with Gasteiger partial charge in [0.05, 0.1) is 36.2 Å². The van der Waals surface area contributed by atoms with Crippen molar-refractivity contribution in [1.29, 1.82) is 0 Å². The van der Waals surface area contributed by atoms with E-state index in [4.69, 9.17) is 11.6 Å². The van der Waals surface area contributed by atoms with Crippen molar-refractivity contribution in [2.45, 2.75) is 19.5 Å². The molecule has 0 atom stereocenters. The fourth-order valence-electron chi connectivity index (χ4n) is 3.71. The first-order valence-electron chi connectivity index (χ1n) is 10.1. The van der Waals surface area contributed by atoms with E-state index in [9.17, 15) is 9.18 Å². The highest BCUT2D eigenvalue weighted by molar-refractivity contribution is 6.30. The summed E-state index contributed by atoms with van der Waals surface area (Å²) in [4.78, 5) is 14.4. The van der Waals surface area contributed by atoms with Gasteiger partial charge in [-0.15, -0.1) is 5.10 Å². The van der Waals surface area contributed by atoms with E-state index in [1.165, 1.54) is 12.1 Å². The minimum atomic E-state index is -0.481. The highest BCUT2D eigenvalue weighted by Crippen LogP contribution is 2.21. The molecule has 0 saturated carbocycles. The Morgan fingerprint density at radius 3 is 2.84 bits per heavy atom. The fourth-order valence-corrected chi connectivity index (χ4v) is 3.88. The van der Waals surface area contributed by atoms with Gasteiger partial charge in [0.25, 0.3) is 0 Å². The molecule has 0 fully saturated rings. The van der Waals surface area contributed by atoms with Gasteiger partial charge >= 0.3 is 6.03 Å². The molecule has 1 N–H and O–H groups in total. The summed E-state index contributed by atoms with van der Waals surface area (Å²) in [6.45, 7) is 1.54. The molecule has 0 radical (unpaired) electrons. The Labute approximate surface area is 188 Å². The average molecular weight is 452 g/mol. The first kappa shape index (κ1) is 20.2. The number of fused-ring (bicyclic) bond motifs is 1. The van der Waals surface area contributed by atoms with Crippen molar-refractivity contribution in [3.63, 3.8) is 0 Å². The number of carbonyl (C=O) groups excluding carboxylic acids is 1. The molecule has 0 aliphatic carbocycles. The van der Waals surface area contributed by atoms with Gasteiger partial charge in [0.15, 0.2) is 0 Å². The molecule has 5 rings (SSSR count). The monoisotopic (exact) mass is 451 g/mol. The molecule has 0 spiro atoms. The molecule has 3 heterocycles. The Balaban J connectivity index is 1.27. The van der Waals surface area contributed by atoms with Crippen molar-refractivity contribution in [3.05, 3.63) is 88.7 Å². The van der Waals surface area contributed by atoms with Gasteiger partial charge < -0.3 is 10.2 Å². The van der Waals surface area contributed by atoms with Crippen molar-refractivity contribution in [2.75, 3.05) is 11.9 Å². The number of urea groups is 1. The van der Waals surface area contributed by atoms with Crippen LogP contribution in [-0.2, 0) is 19.5 Å². The summed E-state index contributed by atoms with van der Waals surface area (Å²) >= 11 is 5.86. The van der Waals surface area contributed by atoms with Crippen LogP contribution in [0.4, 0.5) is 14.9 Å². The van der Waals surface area contributed by atoms with Crippen LogP contribution in [0.5, 0.6) is 0 Å². The highest BCUT2D eigenvalue weighted by Gasteiger charge is 2.24. The number of para-hydroxylation sites is 1. The van der Waals surface area contributed by atoms with Gasteiger partial charge in [-0.25, -0.2) is 13.9 Å². The number of hydrogen-bond donors (Lipinski definition) is 1. The molecule has 8 nitrogen and oxygen atoms in total. The largest absolute Gasteiger partial charge is 0.322 e. The number of anilines is 1. The maximum absolute atomic E-state index is 13.4. The molecule has 4 aromatic rings. The van der Waals surface area contributed by atoms with Crippen LogP contribution in [0.1, 0.15) is 17.0 Å². The Morgan fingerprint density at radius 2 is 2.03 bits per heavy atom. The summed E-state index contributed by atoms with van der Waals surface area (Å²) in [5.41, 5.74) is 4.19. The number of hydrogen-bond acceptors (Lipinski definition) is 4. The van der Waals surface area contributed by atoms with Crippen molar-refractivity contribution < 1.29 is 9.18 Å². The van der Waals surface area contributed by atoms with E-state index < -0.39 is 5.82 Å². The molecule has 10 heteroatoms. The van der Waals surface area contributed by atoms with E-state index in [1.807, 2.05) is 35.0 Å². The number of amides is 2. The van der Waals surface area contributed by atoms with Crippen molar-refractivity contribution in [2.24, 2.45) is 0 Å². The third-order valence-corrected chi connectivity index (χ3v) is 5.64. The first-order valence-corrected chi connectivity index (χ1v) is 10.5. The number of halogens is 2. The number of carbonyl (C=O) groups is 1. The average Bonchev–Trinajstić information content (AvgIpc) is 3.43. The molecule has 1 aliphatic heterocycles. The van der Waals surface area contributed by atoms with Crippen LogP contribution in [0.25, 0.3) is 5.69 Å². The Bertz CT molecular complexity index is 1270. The molecule has 162 valence electrons. The molecular formula is C22H19ClFN7O. The zero-order valence-corrected chi connectivity index (χ0v) is 17.7. The Kier molecular flexibility index (Phi) is 5.32. The molecule has 2 aromatic heterocycles. The molecular weight excluding hydrogens is 433 g/mol. The standard InChI is InChI=1S/C22H19ClFN7O/c23-19-10-18(6-7-20(19)24)30-13-17(27-28-30)14-31-21-8-9-29(12-15(21)11-25-31)22(32)26-16-4-2-1-3-5-16/h1-7,10-11,13H,8-9,12,14H2,(H,26,32). The van der Waals surface area contributed by atoms with Gasteiger partial charge in [0, 0.05) is 29.9 Å². The topological polar surface area (TPSA) is 80.9 Å². The van der Waals surface area contributed by atoms with E-state index in [0.717, 1.165) is 16.9 Å². The summed E-state index contributed by atoms with van der Waals surface area (Å²) < 4.78 is 16.8. The van der Waals surface area contributed by atoms with Gasteiger partial charge in [-0.05, 0) is 30.3 Å².